The summed E-state index contributed by atoms with van der Waals surface area (Å²) in [7, 11) is -1.86. The molecule has 6 heteroatoms. The second-order valence-electron chi connectivity index (χ2n) is 7.14. The second-order valence-corrected chi connectivity index (χ2v) is 11.4. The summed E-state index contributed by atoms with van der Waals surface area (Å²) in [6.07, 6.45) is 0. The Hall–Kier alpha value is -1.40. The van der Waals surface area contributed by atoms with Crippen LogP contribution in [0.2, 0.25) is 13.1 Å². The molecule has 0 aromatic carbocycles. The van der Waals surface area contributed by atoms with Crippen LogP contribution in [0.1, 0.15) is 42.4 Å². The first kappa shape index (κ1) is 17.0. The minimum atomic E-state index is -1.86. The topological polar surface area (TPSA) is 47.7 Å². The van der Waals surface area contributed by atoms with Gasteiger partial charge in [0.05, 0.1) is 11.4 Å². The molecule has 0 atom stereocenters. The molecular formula is C16H29N5Si. The fraction of sp³-hybridized carbons (Fsp3) is 0.625. The summed E-state index contributed by atoms with van der Waals surface area (Å²) in [4.78, 5) is 3.81. The molecule has 0 aliphatic heterocycles. The highest BCUT2D eigenvalue weighted by atomic mass is 28.3. The zero-order valence-electron chi connectivity index (χ0n) is 15.1. The van der Waals surface area contributed by atoms with Gasteiger partial charge < -0.3 is 4.98 Å². The molecule has 0 radical (unpaired) electrons. The molecule has 0 saturated carbocycles. The molecule has 5 nitrogen and oxygen atoms in total. The number of hydrogen-bond donors (Lipinski definition) is 1. The SMILES string of the molecule is Cc1cc(C)n(C(n2nc(C)cc2C)[Si](C)(C)NC(C)C)n1. The molecule has 22 heavy (non-hydrogen) atoms. The van der Waals surface area contributed by atoms with E-state index in [1.54, 1.807) is 0 Å². The van der Waals surface area contributed by atoms with Crippen molar-refractivity contribution in [3.63, 3.8) is 0 Å². The Balaban J connectivity index is 2.59. The standard InChI is InChI=1S/C16H29N5Si/c1-11(2)19-22(7,8)16(20-14(5)9-12(3)17-20)21-15(6)10-13(4)18-21/h9-11,16,19H,1-8H3. The highest BCUT2D eigenvalue weighted by Gasteiger charge is 2.38. The maximum atomic E-state index is 4.76. The van der Waals surface area contributed by atoms with Crippen LogP contribution < -0.4 is 4.98 Å². The maximum absolute atomic E-state index is 4.76. The van der Waals surface area contributed by atoms with E-state index in [-0.39, 0.29) is 5.79 Å². The highest BCUT2D eigenvalue weighted by Crippen LogP contribution is 2.25. The van der Waals surface area contributed by atoms with Gasteiger partial charge in [0.15, 0.2) is 8.24 Å². The fourth-order valence-corrected chi connectivity index (χ4v) is 6.70. The molecule has 2 rings (SSSR count). The van der Waals surface area contributed by atoms with E-state index in [9.17, 15) is 0 Å². The van der Waals surface area contributed by atoms with Crippen LogP contribution in [0.15, 0.2) is 12.1 Å². The van der Waals surface area contributed by atoms with Crippen LogP contribution in [0.25, 0.3) is 0 Å². The van der Waals surface area contributed by atoms with E-state index >= 15 is 0 Å². The summed E-state index contributed by atoms with van der Waals surface area (Å²) < 4.78 is 4.30. The van der Waals surface area contributed by atoms with Gasteiger partial charge >= 0.3 is 0 Å². The quantitative estimate of drug-likeness (QED) is 0.862. The molecule has 0 bridgehead atoms. The average molecular weight is 320 g/mol. The minimum absolute atomic E-state index is 0.122. The predicted octanol–water partition coefficient (Wildman–Crippen LogP) is 3.10. The van der Waals surface area contributed by atoms with Crippen LogP contribution in [0.3, 0.4) is 0 Å². The summed E-state index contributed by atoms with van der Waals surface area (Å²) in [6.45, 7) is 17.5. The molecular weight excluding hydrogens is 290 g/mol. The zero-order chi connectivity index (χ0) is 16.7. The first-order valence-electron chi connectivity index (χ1n) is 7.95. The molecule has 0 unspecified atom stereocenters. The van der Waals surface area contributed by atoms with Gasteiger partial charge in [-0.05, 0) is 45.9 Å². The smallest absolute Gasteiger partial charge is 0.173 e. The Bertz CT molecular complexity index is 607. The zero-order valence-corrected chi connectivity index (χ0v) is 16.1. The van der Waals surface area contributed by atoms with Crippen molar-refractivity contribution in [3.8, 4) is 0 Å². The average Bonchev–Trinajstić information content (AvgIpc) is 2.81. The number of nitrogens with one attached hydrogen (secondary N) is 1. The first-order valence-corrected chi connectivity index (χ1v) is 11.0. The minimum Gasteiger partial charge on any atom is -0.332 e. The van der Waals surface area contributed by atoms with Crippen LogP contribution in [-0.2, 0) is 0 Å². The third-order valence-corrected chi connectivity index (χ3v) is 6.96. The van der Waals surface area contributed by atoms with Gasteiger partial charge in [-0.3, -0.25) is 0 Å². The van der Waals surface area contributed by atoms with Gasteiger partial charge in [0.1, 0.15) is 5.79 Å². The Morgan fingerprint density at radius 3 is 1.59 bits per heavy atom. The lowest BCUT2D eigenvalue weighted by atomic mass is 10.4. The monoisotopic (exact) mass is 319 g/mol. The van der Waals surface area contributed by atoms with Gasteiger partial charge in [-0.2, -0.15) is 10.2 Å². The molecule has 0 saturated heterocycles. The number of aromatic nitrogens is 4. The van der Waals surface area contributed by atoms with Crippen molar-refractivity contribution in [2.75, 3.05) is 0 Å². The molecule has 122 valence electrons. The fourth-order valence-electron chi connectivity index (χ4n) is 3.32. The predicted molar refractivity (Wildman–Crippen MR) is 93.6 cm³/mol. The molecule has 2 aromatic rings. The lowest BCUT2D eigenvalue weighted by Crippen LogP contribution is -2.58. The molecule has 2 heterocycles. The largest absolute Gasteiger partial charge is 0.332 e. The van der Waals surface area contributed by atoms with Crippen molar-refractivity contribution in [1.82, 2.24) is 24.5 Å². The summed E-state index contributed by atoms with van der Waals surface area (Å²) in [5.74, 6) is 0.122. The normalized spacial score (nSPS) is 12.6. The molecule has 0 aliphatic rings. The third kappa shape index (κ3) is 3.33. The summed E-state index contributed by atoms with van der Waals surface area (Å²) in [6, 6.07) is 4.72. The first-order chi connectivity index (χ1) is 10.1. The van der Waals surface area contributed by atoms with Crippen LogP contribution in [-0.4, -0.2) is 33.8 Å². The third-order valence-electron chi connectivity index (χ3n) is 3.86. The van der Waals surface area contributed by atoms with Crippen LogP contribution in [0, 0.1) is 27.7 Å². The molecule has 0 amide bonds. The van der Waals surface area contributed by atoms with E-state index < -0.39 is 8.24 Å². The summed E-state index contributed by atoms with van der Waals surface area (Å²) in [5, 5.41) is 9.52. The Morgan fingerprint density at radius 2 is 1.32 bits per heavy atom. The number of nitrogens with zero attached hydrogens (tertiary/aromatic N) is 4. The van der Waals surface area contributed by atoms with Gasteiger partial charge in [-0.15, -0.1) is 0 Å². The van der Waals surface area contributed by atoms with Crippen LogP contribution in [0.5, 0.6) is 0 Å². The molecule has 0 fully saturated rings. The second kappa shape index (κ2) is 6.00. The highest BCUT2D eigenvalue weighted by molar-refractivity contribution is 6.75. The van der Waals surface area contributed by atoms with Crippen LogP contribution >= 0.6 is 0 Å². The maximum Gasteiger partial charge on any atom is 0.173 e. The Morgan fingerprint density at radius 1 is 0.909 bits per heavy atom. The Labute approximate surface area is 134 Å². The van der Waals surface area contributed by atoms with Gasteiger partial charge in [0.25, 0.3) is 0 Å². The molecule has 2 aromatic heterocycles. The van der Waals surface area contributed by atoms with E-state index in [0.717, 1.165) is 11.4 Å². The lowest BCUT2D eigenvalue weighted by Gasteiger charge is -2.36. The van der Waals surface area contributed by atoms with Crippen molar-refractivity contribution in [3.05, 3.63) is 34.9 Å². The van der Waals surface area contributed by atoms with Gasteiger partial charge in [0.2, 0.25) is 0 Å². The van der Waals surface area contributed by atoms with Gasteiger partial charge in [0, 0.05) is 11.4 Å². The van der Waals surface area contributed by atoms with Crippen LogP contribution in [0.4, 0.5) is 0 Å². The molecule has 0 spiro atoms. The molecule has 1 N–H and O–H groups in total. The van der Waals surface area contributed by atoms with E-state index in [1.807, 2.05) is 13.8 Å². The van der Waals surface area contributed by atoms with E-state index in [4.69, 9.17) is 10.2 Å². The summed E-state index contributed by atoms with van der Waals surface area (Å²) in [5.41, 5.74) is 4.47. The van der Waals surface area contributed by atoms with Gasteiger partial charge in [-0.25, -0.2) is 9.36 Å². The summed E-state index contributed by atoms with van der Waals surface area (Å²) >= 11 is 0. The van der Waals surface area contributed by atoms with Crippen molar-refractivity contribution in [1.29, 1.82) is 0 Å². The van der Waals surface area contributed by atoms with Crippen molar-refractivity contribution >= 4 is 8.24 Å². The molecule has 0 aliphatic carbocycles. The van der Waals surface area contributed by atoms with Crippen molar-refractivity contribution in [2.45, 2.75) is 66.5 Å². The van der Waals surface area contributed by atoms with Crippen molar-refractivity contribution in [2.24, 2.45) is 0 Å². The van der Waals surface area contributed by atoms with Gasteiger partial charge in [-0.1, -0.05) is 26.9 Å². The Kier molecular flexibility index (Phi) is 4.63. The van der Waals surface area contributed by atoms with E-state index in [0.29, 0.717) is 6.04 Å². The van der Waals surface area contributed by atoms with E-state index in [1.165, 1.54) is 11.4 Å². The lowest BCUT2D eigenvalue weighted by molar-refractivity contribution is 0.428. The number of aryl methyl sites for hydroxylation is 4. The van der Waals surface area contributed by atoms with Crippen molar-refractivity contribution < 1.29 is 0 Å². The van der Waals surface area contributed by atoms with E-state index in [2.05, 4.69) is 67.3 Å². The number of rotatable bonds is 5. The number of hydrogen-bond acceptors (Lipinski definition) is 3.